The van der Waals surface area contributed by atoms with Crippen LogP contribution in [0.5, 0.6) is 0 Å². The zero-order valence-electron chi connectivity index (χ0n) is 12.8. The average molecular weight is 379 g/mol. The highest BCUT2D eigenvalue weighted by Gasteiger charge is 2.17. The van der Waals surface area contributed by atoms with Gasteiger partial charge in [-0.05, 0) is 54.1 Å². The largest absolute Gasteiger partial charge is 0.289 e. The molecule has 0 atom stereocenters. The van der Waals surface area contributed by atoms with Crippen molar-refractivity contribution < 1.29 is 9.18 Å². The van der Waals surface area contributed by atoms with Crippen LogP contribution in [0.15, 0.2) is 48.5 Å². The van der Waals surface area contributed by atoms with Crippen LogP contribution in [-0.4, -0.2) is 15.7 Å². The van der Waals surface area contributed by atoms with Crippen LogP contribution in [0.1, 0.15) is 16.1 Å². The number of nitrogens with zero attached hydrogens (tertiary/aromatic N) is 2. The zero-order chi connectivity index (χ0) is 18.0. The topological polar surface area (TPSA) is 72.9 Å². The molecule has 2 aromatic carbocycles. The molecule has 3 rings (SSSR count). The third-order valence-corrected chi connectivity index (χ3v) is 4.22. The van der Waals surface area contributed by atoms with Gasteiger partial charge in [0.2, 0.25) is 0 Å². The summed E-state index contributed by atoms with van der Waals surface area (Å²) >= 11 is 12.2. The number of aromatic nitrogens is 2. The Morgan fingerprint density at radius 1 is 1.16 bits per heavy atom. The lowest BCUT2D eigenvalue weighted by molar-refractivity contribution is 0.0943. The molecule has 3 N–H and O–H groups in total. The van der Waals surface area contributed by atoms with E-state index in [1.807, 2.05) is 0 Å². The number of hydrazine groups is 1. The first kappa shape index (κ1) is 17.4. The first-order valence-electron chi connectivity index (χ1n) is 7.26. The van der Waals surface area contributed by atoms with Crippen molar-refractivity contribution in [3.63, 3.8) is 0 Å². The monoisotopic (exact) mass is 378 g/mol. The van der Waals surface area contributed by atoms with E-state index < -0.39 is 5.91 Å². The van der Waals surface area contributed by atoms with Crippen LogP contribution in [0.4, 0.5) is 4.39 Å². The number of nitrogens with two attached hydrogens (primary N) is 1. The van der Waals surface area contributed by atoms with E-state index in [0.29, 0.717) is 26.9 Å². The number of halogens is 3. The first-order valence-corrected chi connectivity index (χ1v) is 8.02. The Hall–Kier alpha value is -2.41. The van der Waals surface area contributed by atoms with Gasteiger partial charge in [-0.1, -0.05) is 23.2 Å². The van der Waals surface area contributed by atoms with Gasteiger partial charge < -0.3 is 0 Å². The second-order valence-corrected chi connectivity index (χ2v) is 6.13. The standard InChI is InChI=1S/C17H13Cl2FN4O/c18-12-3-6-14(19)11(7-12)9-24-16(17(25)22-21)8-15(23-24)10-1-4-13(20)5-2-10/h1-8H,9,21H2,(H,22,25). The number of nitrogens with one attached hydrogen (secondary N) is 1. The lowest BCUT2D eigenvalue weighted by Gasteiger charge is -2.08. The summed E-state index contributed by atoms with van der Waals surface area (Å²) in [5, 5.41) is 5.45. The maximum Gasteiger partial charge on any atom is 0.283 e. The van der Waals surface area contributed by atoms with Crippen LogP contribution in [0.2, 0.25) is 10.0 Å². The van der Waals surface area contributed by atoms with Crippen molar-refractivity contribution in [2.75, 3.05) is 0 Å². The van der Waals surface area contributed by atoms with Crippen LogP contribution >= 0.6 is 23.2 Å². The lowest BCUT2D eigenvalue weighted by atomic mass is 10.1. The van der Waals surface area contributed by atoms with E-state index >= 15 is 0 Å². The summed E-state index contributed by atoms with van der Waals surface area (Å²) < 4.78 is 14.6. The van der Waals surface area contributed by atoms with Gasteiger partial charge in [0.15, 0.2) is 0 Å². The number of carbonyl (C=O) groups is 1. The quantitative estimate of drug-likeness (QED) is 0.413. The van der Waals surface area contributed by atoms with Crippen molar-refractivity contribution in [2.45, 2.75) is 6.54 Å². The van der Waals surface area contributed by atoms with Crippen LogP contribution in [0.3, 0.4) is 0 Å². The summed E-state index contributed by atoms with van der Waals surface area (Å²) in [5.74, 6) is 4.40. The molecular formula is C17H13Cl2FN4O. The number of carbonyl (C=O) groups excluding carboxylic acids is 1. The summed E-state index contributed by atoms with van der Waals surface area (Å²) in [7, 11) is 0. The van der Waals surface area contributed by atoms with Crippen LogP contribution in [-0.2, 0) is 6.54 Å². The minimum absolute atomic E-state index is 0.226. The Balaban J connectivity index is 2.03. The van der Waals surface area contributed by atoms with Crippen molar-refractivity contribution in [1.29, 1.82) is 0 Å². The molecule has 0 bridgehead atoms. The number of benzene rings is 2. The fraction of sp³-hybridized carbons (Fsp3) is 0.0588. The highest BCUT2D eigenvalue weighted by atomic mass is 35.5. The summed E-state index contributed by atoms with van der Waals surface area (Å²) in [4.78, 5) is 12.1. The molecule has 3 aromatic rings. The molecule has 0 radical (unpaired) electrons. The number of amides is 1. The number of hydrogen-bond acceptors (Lipinski definition) is 3. The Morgan fingerprint density at radius 3 is 2.56 bits per heavy atom. The maximum absolute atomic E-state index is 13.1. The third kappa shape index (κ3) is 3.82. The van der Waals surface area contributed by atoms with Crippen molar-refractivity contribution in [1.82, 2.24) is 15.2 Å². The second-order valence-electron chi connectivity index (χ2n) is 5.29. The van der Waals surface area contributed by atoms with E-state index in [4.69, 9.17) is 29.0 Å². The van der Waals surface area contributed by atoms with Crippen molar-refractivity contribution in [2.24, 2.45) is 5.84 Å². The Bertz CT molecular complexity index is 925. The molecule has 0 unspecified atom stereocenters. The summed E-state index contributed by atoms with van der Waals surface area (Å²) in [6.45, 7) is 0.226. The fourth-order valence-corrected chi connectivity index (χ4v) is 2.75. The predicted molar refractivity (Wildman–Crippen MR) is 94.8 cm³/mol. The first-order chi connectivity index (χ1) is 12.0. The molecule has 8 heteroatoms. The van der Waals surface area contributed by atoms with Gasteiger partial charge in [-0.2, -0.15) is 5.10 Å². The average Bonchev–Trinajstić information content (AvgIpc) is 3.02. The van der Waals surface area contributed by atoms with Crippen molar-refractivity contribution >= 4 is 29.1 Å². The predicted octanol–water partition coefficient (Wildman–Crippen LogP) is 3.65. The molecular weight excluding hydrogens is 366 g/mol. The molecule has 0 aliphatic rings. The molecule has 0 saturated heterocycles. The molecule has 0 fully saturated rings. The van der Waals surface area contributed by atoms with Gasteiger partial charge in [0, 0.05) is 15.6 Å². The molecule has 128 valence electrons. The Kier molecular flexibility index (Phi) is 5.03. The molecule has 25 heavy (non-hydrogen) atoms. The SMILES string of the molecule is NNC(=O)c1cc(-c2ccc(F)cc2)nn1Cc1cc(Cl)ccc1Cl. The molecule has 0 saturated carbocycles. The van der Waals surface area contributed by atoms with Gasteiger partial charge in [-0.25, -0.2) is 10.2 Å². The smallest absolute Gasteiger partial charge is 0.283 e. The van der Waals surface area contributed by atoms with Gasteiger partial charge in [0.05, 0.1) is 12.2 Å². The molecule has 0 aliphatic carbocycles. The zero-order valence-corrected chi connectivity index (χ0v) is 14.4. The van der Waals surface area contributed by atoms with E-state index in [9.17, 15) is 9.18 Å². The van der Waals surface area contributed by atoms with Crippen molar-refractivity contribution in [3.8, 4) is 11.3 Å². The van der Waals surface area contributed by atoms with Gasteiger partial charge in [-0.15, -0.1) is 0 Å². The number of nitrogen functional groups attached to an aromatic ring is 1. The Labute approximate surface area is 153 Å². The highest BCUT2D eigenvalue weighted by Crippen LogP contribution is 2.24. The van der Waals surface area contributed by atoms with Crippen LogP contribution < -0.4 is 11.3 Å². The molecule has 1 heterocycles. The third-order valence-electron chi connectivity index (χ3n) is 3.61. The minimum atomic E-state index is -0.501. The van der Waals surface area contributed by atoms with Crippen LogP contribution in [0.25, 0.3) is 11.3 Å². The minimum Gasteiger partial charge on any atom is -0.289 e. The normalized spacial score (nSPS) is 10.7. The van der Waals surface area contributed by atoms with Crippen LogP contribution in [0, 0.1) is 5.82 Å². The van der Waals surface area contributed by atoms with E-state index in [1.165, 1.54) is 16.8 Å². The van der Waals surface area contributed by atoms with E-state index in [2.05, 4.69) is 10.5 Å². The van der Waals surface area contributed by atoms with Gasteiger partial charge in [-0.3, -0.25) is 14.9 Å². The number of hydrogen-bond donors (Lipinski definition) is 2. The maximum atomic E-state index is 13.1. The molecule has 1 aromatic heterocycles. The number of rotatable bonds is 4. The van der Waals surface area contributed by atoms with Gasteiger partial charge in [0.1, 0.15) is 11.5 Å². The van der Waals surface area contributed by atoms with E-state index in [0.717, 1.165) is 0 Å². The molecule has 5 nitrogen and oxygen atoms in total. The van der Waals surface area contributed by atoms with Gasteiger partial charge in [0.25, 0.3) is 5.91 Å². The lowest BCUT2D eigenvalue weighted by Crippen LogP contribution is -2.32. The Morgan fingerprint density at radius 2 is 1.88 bits per heavy atom. The molecule has 0 spiro atoms. The van der Waals surface area contributed by atoms with E-state index in [-0.39, 0.29) is 18.1 Å². The highest BCUT2D eigenvalue weighted by molar-refractivity contribution is 6.33. The summed E-state index contributed by atoms with van der Waals surface area (Å²) in [5.41, 5.74) is 4.22. The summed E-state index contributed by atoms with van der Waals surface area (Å²) in [6.07, 6.45) is 0. The fourth-order valence-electron chi connectivity index (χ4n) is 2.38. The van der Waals surface area contributed by atoms with Gasteiger partial charge >= 0.3 is 0 Å². The second kappa shape index (κ2) is 7.23. The summed E-state index contributed by atoms with van der Waals surface area (Å²) in [6, 6.07) is 12.4. The molecule has 0 aliphatic heterocycles. The van der Waals surface area contributed by atoms with E-state index in [1.54, 1.807) is 36.4 Å². The van der Waals surface area contributed by atoms with Crippen molar-refractivity contribution in [3.05, 3.63) is 75.7 Å². The molecule has 1 amide bonds.